The average molecular weight is 274 g/mol. The Morgan fingerprint density at radius 3 is 2.53 bits per heavy atom. The van der Waals surface area contributed by atoms with Crippen molar-refractivity contribution < 1.29 is 0 Å². The first-order valence-electron chi connectivity index (χ1n) is 6.59. The van der Waals surface area contributed by atoms with Gasteiger partial charge in [-0.3, -0.25) is 0 Å². The zero-order valence-corrected chi connectivity index (χ0v) is 12.5. The molecule has 1 nitrogen and oxygen atoms in total. The van der Waals surface area contributed by atoms with E-state index >= 15 is 0 Å². The smallest absolute Gasteiger partial charge is 0.0408 e. The van der Waals surface area contributed by atoms with Crippen LogP contribution in [0.2, 0.25) is 5.02 Å². The predicted octanol–water partition coefficient (Wildman–Crippen LogP) is 4.46. The minimum Gasteiger partial charge on any atom is -0.313 e. The van der Waals surface area contributed by atoms with Gasteiger partial charge in [0.2, 0.25) is 0 Å². The van der Waals surface area contributed by atoms with Crippen molar-refractivity contribution in [3.63, 3.8) is 0 Å². The molecule has 1 unspecified atom stereocenters. The molecule has 2 aromatic carbocycles. The molecule has 0 radical (unpaired) electrons. The van der Waals surface area contributed by atoms with Crippen molar-refractivity contribution >= 4 is 11.6 Å². The molecule has 19 heavy (non-hydrogen) atoms. The molecular formula is C17H20ClN. The molecule has 0 bridgehead atoms. The minimum atomic E-state index is 0.318. The van der Waals surface area contributed by atoms with Gasteiger partial charge in [0.25, 0.3) is 0 Å². The van der Waals surface area contributed by atoms with E-state index in [-0.39, 0.29) is 0 Å². The van der Waals surface area contributed by atoms with Crippen molar-refractivity contribution in [1.82, 2.24) is 5.32 Å². The Morgan fingerprint density at radius 2 is 1.84 bits per heavy atom. The van der Waals surface area contributed by atoms with Crippen LogP contribution in [0.4, 0.5) is 0 Å². The van der Waals surface area contributed by atoms with Crippen molar-refractivity contribution in [3.05, 3.63) is 69.7 Å². The fraction of sp³-hybridized carbons (Fsp3) is 0.294. The third-order valence-electron chi connectivity index (χ3n) is 3.70. The summed E-state index contributed by atoms with van der Waals surface area (Å²) < 4.78 is 0. The molecule has 1 N–H and O–H groups in total. The van der Waals surface area contributed by atoms with Crippen LogP contribution in [0.1, 0.15) is 28.3 Å². The molecule has 0 aliphatic rings. The summed E-state index contributed by atoms with van der Waals surface area (Å²) in [6.07, 6.45) is 0.946. The molecular weight excluding hydrogens is 254 g/mol. The van der Waals surface area contributed by atoms with Crippen molar-refractivity contribution in [3.8, 4) is 0 Å². The van der Waals surface area contributed by atoms with Gasteiger partial charge in [0.15, 0.2) is 0 Å². The van der Waals surface area contributed by atoms with Gasteiger partial charge in [-0.15, -0.1) is 0 Å². The maximum atomic E-state index is 6.05. The van der Waals surface area contributed by atoms with E-state index in [0.29, 0.717) is 6.04 Å². The Balaban J connectivity index is 2.28. The van der Waals surface area contributed by atoms with Gasteiger partial charge in [-0.2, -0.15) is 0 Å². The predicted molar refractivity (Wildman–Crippen MR) is 82.9 cm³/mol. The number of hydrogen-bond acceptors (Lipinski definition) is 1. The first kappa shape index (κ1) is 14.1. The van der Waals surface area contributed by atoms with Crippen molar-refractivity contribution in [2.75, 3.05) is 7.05 Å². The lowest BCUT2D eigenvalue weighted by Crippen LogP contribution is -2.20. The van der Waals surface area contributed by atoms with Gasteiger partial charge in [0.1, 0.15) is 0 Å². The summed E-state index contributed by atoms with van der Waals surface area (Å²) >= 11 is 6.05. The second-order valence-electron chi connectivity index (χ2n) is 4.96. The fourth-order valence-corrected chi connectivity index (χ4v) is 2.63. The van der Waals surface area contributed by atoms with Crippen LogP contribution >= 0.6 is 11.6 Å². The third-order valence-corrected chi connectivity index (χ3v) is 3.93. The highest BCUT2D eigenvalue weighted by Gasteiger charge is 2.13. The summed E-state index contributed by atoms with van der Waals surface area (Å²) in [4.78, 5) is 0. The fourth-order valence-electron chi connectivity index (χ4n) is 2.42. The molecule has 2 rings (SSSR count). The van der Waals surface area contributed by atoms with E-state index in [0.717, 1.165) is 11.4 Å². The van der Waals surface area contributed by atoms with Crippen LogP contribution in [0, 0.1) is 13.8 Å². The van der Waals surface area contributed by atoms with E-state index in [9.17, 15) is 0 Å². The normalized spacial score (nSPS) is 12.4. The number of halogens is 1. The van der Waals surface area contributed by atoms with E-state index in [1.54, 1.807) is 0 Å². The number of aryl methyl sites for hydroxylation is 1. The number of likely N-dealkylation sites (N-methyl/N-ethyl adjacent to an activating group) is 1. The van der Waals surface area contributed by atoms with Crippen LogP contribution in [0.5, 0.6) is 0 Å². The molecule has 0 amide bonds. The SMILES string of the molecule is CNC(Cc1cccc(Cl)c1)c1cccc(C)c1C. The van der Waals surface area contributed by atoms with Crippen molar-refractivity contribution in [1.29, 1.82) is 0 Å². The Labute approximate surface area is 120 Å². The van der Waals surface area contributed by atoms with Crippen LogP contribution in [-0.2, 0) is 6.42 Å². The van der Waals surface area contributed by atoms with Gasteiger partial charge < -0.3 is 5.32 Å². The average Bonchev–Trinajstić information content (AvgIpc) is 2.40. The van der Waals surface area contributed by atoms with Gasteiger partial charge in [-0.25, -0.2) is 0 Å². The summed E-state index contributed by atoms with van der Waals surface area (Å²) in [5.74, 6) is 0. The lowest BCUT2D eigenvalue weighted by molar-refractivity contribution is 0.588. The maximum Gasteiger partial charge on any atom is 0.0408 e. The Kier molecular flexibility index (Phi) is 4.62. The quantitative estimate of drug-likeness (QED) is 0.867. The molecule has 0 saturated carbocycles. The van der Waals surface area contributed by atoms with Crippen LogP contribution in [0.15, 0.2) is 42.5 Å². The van der Waals surface area contributed by atoms with Gasteiger partial charge in [-0.05, 0) is 61.7 Å². The van der Waals surface area contributed by atoms with E-state index < -0.39 is 0 Å². The topological polar surface area (TPSA) is 12.0 Å². The zero-order chi connectivity index (χ0) is 13.8. The van der Waals surface area contributed by atoms with Crippen LogP contribution in [-0.4, -0.2) is 7.05 Å². The number of benzene rings is 2. The van der Waals surface area contributed by atoms with Crippen LogP contribution in [0.3, 0.4) is 0 Å². The van der Waals surface area contributed by atoms with Crippen molar-refractivity contribution in [2.45, 2.75) is 26.3 Å². The van der Waals surface area contributed by atoms with Gasteiger partial charge >= 0.3 is 0 Å². The number of nitrogens with one attached hydrogen (secondary N) is 1. The van der Waals surface area contributed by atoms with Gasteiger partial charge in [0.05, 0.1) is 0 Å². The molecule has 0 saturated heterocycles. The highest BCUT2D eigenvalue weighted by atomic mass is 35.5. The van der Waals surface area contributed by atoms with E-state index in [2.05, 4.69) is 43.4 Å². The van der Waals surface area contributed by atoms with Crippen LogP contribution < -0.4 is 5.32 Å². The minimum absolute atomic E-state index is 0.318. The highest BCUT2D eigenvalue weighted by Crippen LogP contribution is 2.24. The van der Waals surface area contributed by atoms with E-state index in [1.807, 2.05) is 25.2 Å². The first-order valence-corrected chi connectivity index (χ1v) is 6.97. The lowest BCUT2D eigenvalue weighted by atomic mass is 9.93. The molecule has 100 valence electrons. The number of rotatable bonds is 4. The van der Waals surface area contributed by atoms with E-state index in [1.165, 1.54) is 22.3 Å². The summed E-state index contributed by atoms with van der Waals surface area (Å²) in [5.41, 5.74) is 5.32. The lowest BCUT2D eigenvalue weighted by Gasteiger charge is -2.20. The Hall–Kier alpha value is -1.31. The molecule has 0 aliphatic heterocycles. The number of hydrogen-bond donors (Lipinski definition) is 1. The van der Waals surface area contributed by atoms with Crippen molar-refractivity contribution in [2.24, 2.45) is 0 Å². The maximum absolute atomic E-state index is 6.05. The summed E-state index contributed by atoms with van der Waals surface area (Å²) in [5, 5.41) is 4.21. The zero-order valence-electron chi connectivity index (χ0n) is 11.7. The third kappa shape index (κ3) is 3.37. The molecule has 0 fully saturated rings. The largest absolute Gasteiger partial charge is 0.313 e. The molecule has 1 atom stereocenters. The first-order chi connectivity index (χ1) is 9.11. The van der Waals surface area contributed by atoms with E-state index in [4.69, 9.17) is 11.6 Å². The molecule has 0 aromatic heterocycles. The standard InChI is InChI=1S/C17H20ClN/c1-12-6-4-9-16(13(12)2)17(19-3)11-14-7-5-8-15(18)10-14/h4-10,17,19H,11H2,1-3H3. The second kappa shape index (κ2) is 6.23. The molecule has 0 aliphatic carbocycles. The monoisotopic (exact) mass is 273 g/mol. The Morgan fingerprint density at radius 1 is 1.11 bits per heavy atom. The van der Waals surface area contributed by atoms with Gasteiger partial charge in [-0.1, -0.05) is 41.9 Å². The van der Waals surface area contributed by atoms with Crippen LogP contribution in [0.25, 0.3) is 0 Å². The summed E-state index contributed by atoms with van der Waals surface area (Å²) in [6.45, 7) is 4.35. The highest BCUT2D eigenvalue weighted by molar-refractivity contribution is 6.30. The van der Waals surface area contributed by atoms with Gasteiger partial charge in [0, 0.05) is 11.1 Å². The summed E-state index contributed by atoms with van der Waals surface area (Å²) in [7, 11) is 2.01. The Bertz CT molecular complexity index is 563. The second-order valence-corrected chi connectivity index (χ2v) is 5.40. The summed E-state index contributed by atoms with van der Waals surface area (Å²) in [6, 6.07) is 14.9. The molecule has 0 heterocycles. The molecule has 2 aromatic rings. The molecule has 0 spiro atoms. The molecule has 2 heteroatoms.